The molecular formula is C11H16ClN3. The lowest BCUT2D eigenvalue weighted by molar-refractivity contribution is 0.377. The molecule has 1 aromatic rings. The second kappa shape index (κ2) is 5.31. The van der Waals surface area contributed by atoms with Crippen molar-refractivity contribution in [2.24, 2.45) is 5.92 Å². The molecule has 0 unspecified atom stereocenters. The number of rotatable bonds is 3. The Balaban J connectivity index is 1.74. The van der Waals surface area contributed by atoms with Crippen LogP contribution in [0.5, 0.6) is 0 Å². The zero-order valence-corrected chi connectivity index (χ0v) is 9.45. The summed E-state index contributed by atoms with van der Waals surface area (Å²) in [6.45, 7) is 0.988. The zero-order valence-electron chi connectivity index (χ0n) is 8.69. The molecule has 1 heterocycles. The molecule has 1 aromatic heterocycles. The minimum absolute atomic E-state index is 0.401. The second-order valence-electron chi connectivity index (χ2n) is 4.11. The molecule has 0 spiro atoms. The first-order valence-electron chi connectivity index (χ1n) is 5.50. The molecule has 0 aromatic carbocycles. The third-order valence-corrected chi connectivity index (χ3v) is 3.36. The van der Waals surface area contributed by atoms with E-state index in [-0.39, 0.29) is 0 Å². The van der Waals surface area contributed by atoms with Gasteiger partial charge in [0.1, 0.15) is 5.82 Å². The summed E-state index contributed by atoms with van der Waals surface area (Å²) in [7, 11) is 0. The van der Waals surface area contributed by atoms with E-state index in [1.54, 1.807) is 6.20 Å². The number of aromatic nitrogens is 2. The molecule has 4 heteroatoms. The Morgan fingerprint density at radius 2 is 2.13 bits per heavy atom. The van der Waals surface area contributed by atoms with E-state index in [0.717, 1.165) is 31.1 Å². The number of hydrogen-bond acceptors (Lipinski definition) is 3. The maximum Gasteiger partial charge on any atom is 0.148 e. The molecule has 1 fully saturated rings. The molecule has 2 rings (SSSR count). The first-order valence-corrected chi connectivity index (χ1v) is 5.94. The van der Waals surface area contributed by atoms with Crippen LogP contribution in [0.4, 0.5) is 5.82 Å². The van der Waals surface area contributed by atoms with Crippen molar-refractivity contribution < 1.29 is 0 Å². The Morgan fingerprint density at radius 3 is 2.80 bits per heavy atom. The average Bonchev–Trinajstić information content (AvgIpc) is 2.30. The molecule has 15 heavy (non-hydrogen) atoms. The third kappa shape index (κ3) is 3.34. The minimum Gasteiger partial charge on any atom is -0.368 e. The van der Waals surface area contributed by atoms with E-state index in [1.165, 1.54) is 12.8 Å². The highest BCUT2D eigenvalue weighted by Crippen LogP contribution is 2.27. The molecule has 0 bridgehead atoms. The quantitative estimate of drug-likeness (QED) is 0.804. The van der Waals surface area contributed by atoms with Crippen LogP contribution in [-0.4, -0.2) is 22.1 Å². The van der Waals surface area contributed by atoms with E-state index < -0.39 is 0 Å². The van der Waals surface area contributed by atoms with Gasteiger partial charge in [-0.25, -0.2) is 0 Å². The Bertz CT molecular complexity index is 283. The molecule has 0 radical (unpaired) electrons. The van der Waals surface area contributed by atoms with Gasteiger partial charge in [-0.05, 0) is 43.7 Å². The number of anilines is 1. The first-order chi connectivity index (χ1) is 7.34. The van der Waals surface area contributed by atoms with Crippen molar-refractivity contribution in [3.05, 3.63) is 18.3 Å². The summed E-state index contributed by atoms with van der Waals surface area (Å²) in [6, 6.07) is 3.84. The smallest absolute Gasteiger partial charge is 0.148 e. The van der Waals surface area contributed by atoms with Gasteiger partial charge in [0.05, 0.1) is 0 Å². The van der Waals surface area contributed by atoms with Crippen molar-refractivity contribution >= 4 is 17.4 Å². The molecular weight excluding hydrogens is 210 g/mol. The molecule has 0 saturated heterocycles. The Hall–Kier alpha value is -0.830. The van der Waals surface area contributed by atoms with Gasteiger partial charge in [-0.3, -0.25) is 0 Å². The first kappa shape index (κ1) is 10.7. The highest BCUT2D eigenvalue weighted by atomic mass is 35.5. The van der Waals surface area contributed by atoms with Gasteiger partial charge in [0.15, 0.2) is 0 Å². The summed E-state index contributed by atoms with van der Waals surface area (Å²) in [5.41, 5.74) is 0. The maximum absolute atomic E-state index is 6.06. The van der Waals surface area contributed by atoms with Crippen LogP contribution < -0.4 is 5.32 Å². The summed E-state index contributed by atoms with van der Waals surface area (Å²) >= 11 is 6.06. The number of hydrogen-bond donors (Lipinski definition) is 1. The second-order valence-corrected chi connectivity index (χ2v) is 4.73. The van der Waals surface area contributed by atoms with Gasteiger partial charge in [0.25, 0.3) is 0 Å². The molecule has 1 aliphatic rings. The van der Waals surface area contributed by atoms with Crippen LogP contribution in [-0.2, 0) is 0 Å². The lowest BCUT2D eigenvalue weighted by Crippen LogP contribution is -2.21. The van der Waals surface area contributed by atoms with Crippen molar-refractivity contribution in [2.75, 3.05) is 11.9 Å². The Labute approximate surface area is 95.2 Å². The van der Waals surface area contributed by atoms with Gasteiger partial charge >= 0.3 is 0 Å². The molecule has 0 aliphatic heterocycles. The average molecular weight is 226 g/mol. The minimum atomic E-state index is 0.401. The highest BCUT2D eigenvalue weighted by Gasteiger charge is 2.19. The maximum atomic E-state index is 6.06. The molecule has 82 valence electrons. The molecule has 1 N–H and O–H groups in total. The van der Waals surface area contributed by atoms with E-state index in [0.29, 0.717) is 5.38 Å². The van der Waals surface area contributed by atoms with Crippen molar-refractivity contribution in [1.29, 1.82) is 0 Å². The molecule has 1 aliphatic carbocycles. The fourth-order valence-electron chi connectivity index (χ4n) is 1.97. The van der Waals surface area contributed by atoms with Crippen LogP contribution in [0.2, 0.25) is 0 Å². The van der Waals surface area contributed by atoms with Crippen molar-refractivity contribution in [3.8, 4) is 0 Å². The predicted molar refractivity (Wildman–Crippen MR) is 62.1 cm³/mol. The summed E-state index contributed by atoms with van der Waals surface area (Å²) in [5, 5.41) is 11.5. The topological polar surface area (TPSA) is 37.8 Å². The summed E-state index contributed by atoms with van der Waals surface area (Å²) in [4.78, 5) is 0. The van der Waals surface area contributed by atoms with Crippen molar-refractivity contribution in [2.45, 2.75) is 31.1 Å². The van der Waals surface area contributed by atoms with E-state index in [1.807, 2.05) is 12.1 Å². The number of alkyl halides is 1. The summed E-state index contributed by atoms with van der Waals surface area (Å²) in [6.07, 6.45) is 6.43. The zero-order chi connectivity index (χ0) is 10.5. The lowest BCUT2D eigenvalue weighted by Gasteiger charge is -2.25. The third-order valence-electron chi connectivity index (χ3n) is 2.92. The van der Waals surface area contributed by atoms with Crippen LogP contribution in [0.3, 0.4) is 0 Å². The SMILES string of the molecule is ClC1CCC(CNc2cccnn2)CC1. The van der Waals surface area contributed by atoms with Gasteiger partial charge in [0.2, 0.25) is 0 Å². The van der Waals surface area contributed by atoms with Crippen LogP contribution in [0.15, 0.2) is 18.3 Å². The Kier molecular flexibility index (Phi) is 3.78. The van der Waals surface area contributed by atoms with Crippen molar-refractivity contribution in [1.82, 2.24) is 10.2 Å². The molecule has 0 atom stereocenters. The largest absolute Gasteiger partial charge is 0.368 e. The van der Waals surface area contributed by atoms with Crippen LogP contribution in [0.1, 0.15) is 25.7 Å². The van der Waals surface area contributed by atoms with Crippen LogP contribution >= 0.6 is 11.6 Å². The number of nitrogens with zero attached hydrogens (tertiary/aromatic N) is 2. The molecule has 3 nitrogen and oxygen atoms in total. The molecule has 0 amide bonds. The van der Waals surface area contributed by atoms with Gasteiger partial charge in [-0.1, -0.05) is 0 Å². The van der Waals surface area contributed by atoms with E-state index in [9.17, 15) is 0 Å². The van der Waals surface area contributed by atoms with Crippen molar-refractivity contribution in [3.63, 3.8) is 0 Å². The Morgan fingerprint density at radius 1 is 1.33 bits per heavy atom. The van der Waals surface area contributed by atoms with Gasteiger partial charge in [-0.2, -0.15) is 5.10 Å². The van der Waals surface area contributed by atoms with E-state index >= 15 is 0 Å². The fraction of sp³-hybridized carbons (Fsp3) is 0.636. The monoisotopic (exact) mass is 225 g/mol. The lowest BCUT2D eigenvalue weighted by atomic mass is 9.89. The standard InChI is InChI=1S/C11H16ClN3/c12-10-5-3-9(4-6-10)8-13-11-2-1-7-14-15-11/h1-2,7,9-10H,3-6,8H2,(H,13,15). The number of halogens is 1. The predicted octanol–water partition coefficient (Wildman–Crippen LogP) is 2.69. The summed E-state index contributed by atoms with van der Waals surface area (Å²) < 4.78 is 0. The van der Waals surface area contributed by atoms with Crippen LogP contribution in [0, 0.1) is 5.92 Å². The van der Waals surface area contributed by atoms with Crippen LogP contribution in [0.25, 0.3) is 0 Å². The van der Waals surface area contributed by atoms with Gasteiger partial charge in [0, 0.05) is 18.1 Å². The van der Waals surface area contributed by atoms with Gasteiger partial charge < -0.3 is 5.32 Å². The number of nitrogens with one attached hydrogen (secondary N) is 1. The fourth-order valence-corrected chi connectivity index (χ4v) is 2.22. The summed E-state index contributed by atoms with van der Waals surface area (Å²) in [5.74, 6) is 1.60. The highest BCUT2D eigenvalue weighted by molar-refractivity contribution is 6.20. The molecule has 1 saturated carbocycles. The van der Waals surface area contributed by atoms with E-state index in [2.05, 4.69) is 15.5 Å². The van der Waals surface area contributed by atoms with Gasteiger partial charge in [-0.15, -0.1) is 16.7 Å². The normalized spacial score (nSPS) is 26.2. The van der Waals surface area contributed by atoms with E-state index in [4.69, 9.17) is 11.6 Å².